The van der Waals surface area contributed by atoms with Gasteiger partial charge >= 0.3 is 6.36 Å². The van der Waals surface area contributed by atoms with Crippen molar-refractivity contribution >= 4 is 5.91 Å². The minimum atomic E-state index is -4.79. The van der Waals surface area contributed by atoms with Crippen molar-refractivity contribution in [3.05, 3.63) is 48.3 Å². The van der Waals surface area contributed by atoms with Gasteiger partial charge in [0, 0.05) is 24.5 Å². The van der Waals surface area contributed by atoms with Gasteiger partial charge in [-0.25, -0.2) is 0 Å². The number of carbonyl (C=O) groups is 1. The van der Waals surface area contributed by atoms with Crippen LogP contribution in [0.1, 0.15) is 18.4 Å². The summed E-state index contributed by atoms with van der Waals surface area (Å²) in [5.74, 6) is -0.594. The number of piperidine rings is 1. The first-order valence-electron chi connectivity index (χ1n) is 8.23. The van der Waals surface area contributed by atoms with Crippen molar-refractivity contribution in [3.8, 4) is 5.75 Å². The van der Waals surface area contributed by atoms with Crippen LogP contribution in [0.25, 0.3) is 0 Å². The van der Waals surface area contributed by atoms with Crippen molar-refractivity contribution < 1.29 is 22.7 Å². The van der Waals surface area contributed by atoms with Gasteiger partial charge < -0.3 is 15.4 Å². The Morgan fingerprint density at radius 3 is 2.65 bits per heavy atom. The Labute approximate surface area is 148 Å². The number of ether oxygens (including phenoxy) is 1. The average Bonchev–Trinajstić information content (AvgIpc) is 3.15. The summed E-state index contributed by atoms with van der Waals surface area (Å²) in [7, 11) is 0. The Morgan fingerprint density at radius 1 is 1.27 bits per heavy atom. The number of hydrogen-bond acceptors (Lipinski definition) is 4. The Morgan fingerprint density at radius 2 is 2.00 bits per heavy atom. The highest BCUT2D eigenvalue weighted by atomic mass is 19.4. The third-order valence-electron chi connectivity index (χ3n) is 4.43. The van der Waals surface area contributed by atoms with Gasteiger partial charge in [-0.15, -0.1) is 13.2 Å². The zero-order chi connectivity index (χ0) is 18.6. The molecule has 1 aliphatic rings. The molecule has 0 saturated carbocycles. The van der Waals surface area contributed by atoms with Gasteiger partial charge in [0.05, 0.1) is 0 Å². The van der Waals surface area contributed by atoms with Crippen LogP contribution in [-0.2, 0) is 16.9 Å². The largest absolute Gasteiger partial charge is 0.573 e. The highest BCUT2D eigenvalue weighted by molar-refractivity contribution is 5.84. The lowest BCUT2D eigenvalue weighted by molar-refractivity contribution is -0.274. The number of nitrogens with one attached hydrogen (secondary N) is 2. The molecule has 2 N–H and O–H groups in total. The second-order valence-corrected chi connectivity index (χ2v) is 6.07. The van der Waals surface area contributed by atoms with Gasteiger partial charge in [0.25, 0.3) is 0 Å². The summed E-state index contributed by atoms with van der Waals surface area (Å²) in [5.41, 5.74) is -0.600. The van der Waals surface area contributed by atoms with Crippen LogP contribution in [0.4, 0.5) is 13.2 Å². The van der Waals surface area contributed by atoms with Crippen LogP contribution in [-0.4, -0.2) is 35.1 Å². The Bertz CT molecular complexity index is 741. The summed E-state index contributed by atoms with van der Waals surface area (Å²) in [5, 5.41) is 10.2. The molecule has 1 aromatic carbocycles. The van der Waals surface area contributed by atoms with Crippen LogP contribution in [0.15, 0.2) is 42.7 Å². The highest BCUT2D eigenvalue weighted by Gasteiger charge is 2.42. The van der Waals surface area contributed by atoms with Crippen LogP contribution in [0.5, 0.6) is 5.75 Å². The number of para-hydroxylation sites is 1. The first kappa shape index (κ1) is 18.2. The van der Waals surface area contributed by atoms with Crippen molar-refractivity contribution in [2.45, 2.75) is 31.3 Å². The number of halogens is 3. The summed E-state index contributed by atoms with van der Waals surface area (Å²) in [4.78, 5) is 12.9. The predicted octanol–water partition coefficient (Wildman–Crippen LogP) is 2.18. The molecule has 1 aliphatic heterocycles. The fraction of sp³-hybridized carbons (Fsp3) is 0.412. The van der Waals surface area contributed by atoms with Crippen LogP contribution in [0, 0.1) is 0 Å². The van der Waals surface area contributed by atoms with E-state index >= 15 is 0 Å². The van der Waals surface area contributed by atoms with Gasteiger partial charge in [-0.1, -0.05) is 18.2 Å². The number of aromatic nitrogens is 2. The molecule has 2 heterocycles. The average molecular weight is 368 g/mol. The van der Waals surface area contributed by atoms with Gasteiger partial charge in [-0.3, -0.25) is 9.48 Å². The number of rotatable bonds is 5. The molecule has 1 fully saturated rings. The first-order chi connectivity index (χ1) is 12.4. The van der Waals surface area contributed by atoms with Crippen LogP contribution in [0.2, 0.25) is 0 Å². The molecule has 0 atom stereocenters. The number of carbonyl (C=O) groups excluding carboxylic acids is 1. The van der Waals surface area contributed by atoms with E-state index in [1.54, 1.807) is 29.2 Å². The lowest BCUT2D eigenvalue weighted by Crippen LogP contribution is -2.54. The molecule has 0 bridgehead atoms. The maximum Gasteiger partial charge on any atom is 0.573 e. The zero-order valence-electron chi connectivity index (χ0n) is 13.9. The lowest BCUT2D eigenvalue weighted by Gasteiger charge is -2.36. The van der Waals surface area contributed by atoms with Crippen LogP contribution < -0.4 is 15.4 Å². The second-order valence-electron chi connectivity index (χ2n) is 6.07. The van der Waals surface area contributed by atoms with E-state index < -0.39 is 11.9 Å². The third-order valence-corrected chi connectivity index (χ3v) is 4.43. The number of nitrogens with zero attached hydrogens (tertiary/aromatic N) is 2. The van der Waals surface area contributed by atoms with Crippen LogP contribution >= 0.6 is 0 Å². The minimum Gasteiger partial charge on any atom is -0.405 e. The molecular weight excluding hydrogens is 349 g/mol. The normalized spacial score (nSPS) is 16.9. The smallest absolute Gasteiger partial charge is 0.405 e. The first-order valence-corrected chi connectivity index (χ1v) is 8.23. The Balaban J connectivity index is 1.76. The molecule has 2 aromatic rings. The summed E-state index contributed by atoms with van der Waals surface area (Å²) >= 11 is 0. The van der Waals surface area contributed by atoms with Gasteiger partial charge in [-0.05, 0) is 38.1 Å². The topological polar surface area (TPSA) is 68.2 Å². The standard InChI is InChI=1S/C17H19F3N4O2/c18-17(19,20)26-14-5-2-1-4-13(14)12-22-15(25)16(6-9-21-10-7-16)24-11-3-8-23-24/h1-5,8,11,21H,6-7,9-10,12H2,(H,22,25). The summed E-state index contributed by atoms with van der Waals surface area (Å²) in [6, 6.07) is 7.50. The van der Waals surface area contributed by atoms with Crippen molar-refractivity contribution in [1.29, 1.82) is 0 Å². The summed E-state index contributed by atoms with van der Waals surface area (Å²) in [6.45, 7) is 1.24. The lowest BCUT2D eigenvalue weighted by atomic mass is 9.87. The van der Waals surface area contributed by atoms with E-state index in [0.29, 0.717) is 25.9 Å². The van der Waals surface area contributed by atoms with E-state index in [0.717, 1.165) is 0 Å². The molecule has 140 valence electrons. The van der Waals surface area contributed by atoms with Crippen LogP contribution in [0.3, 0.4) is 0 Å². The number of benzene rings is 1. The number of alkyl halides is 3. The van der Waals surface area contributed by atoms with Gasteiger partial charge in [0.15, 0.2) is 0 Å². The molecule has 0 spiro atoms. The minimum absolute atomic E-state index is 0.0679. The zero-order valence-corrected chi connectivity index (χ0v) is 13.9. The number of hydrogen-bond donors (Lipinski definition) is 2. The van der Waals surface area contributed by atoms with E-state index in [9.17, 15) is 18.0 Å². The maximum absolute atomic E-state index is 12.9. The molecule has 26 heavy (non-hydrogen) atoms. The fourth-order valence-corrected chi connectivity index (χ4v) is 3.14. The Kier molecular flexibility index (Phi) is 5.17. The molecule has 1 saturated heterocycles. The molecule has 0 radical (unpaired) electrons. The maximum atomic E-state index is 12.9. The molecule has 9 heteroatoms. The van der Waals surface area contributed by atoms with E-state index in [1.165, 1.54) is 18.2 Å². The van der Waals surface area contributed by atoms with E-state index in [-0.39, 0.29) is 23.8 Å². The second kappa shape index (κ2) is 7.36. The molecule has 0 unspecified atom stereocenters. The number of amides is 1. The van der Waals surface area contributed by atoms with Gasteiger partial charge in [0.2, 0.25) is 5.91 Å². The van der Waals surface area contributed by atoms with Crippen molar-refractivity contribution in [2.24, 2.45) is 0 Å². The summed E-state index contributed by atoms with van der Waals surface area (Å²) < 4.78 is 43.2. The molecule has 0 aliphatic carbocycles. The monoisotopic (exact) mass is 368 g/mol. The fourth-order valence-electron chi connectivity index (χ4n) is 3.14. The van der Waals surface area contributed by atoms with E-state index in [4.69, 9.17) is 0 Å². The van der Waals surface area contributed by atoms with Gasteiger partial charge in [-0.2, -0.15) is 5.10 Å². The van der Waals surface area contributed by atoms with Crippen molar-refractivity contribution in [3.63, 3.8) is 0 Å². The quantitative estimate of drug-likeness (QED) is 0.849. The third kappa shape index (κ3) is 3.98. The van der Waals surface area contributed by atoms with Crippen molar-refractivity contribution in [2.75, 3.05) is 13.1 Å². The molecule has 1 amide bonds. The van der Waals surface area contributed by atoms with E-state index in [2.05, 4.69) is 20.5 Å². The van der Waals surface area contributed by atoms with Crippen molar-refractivity contribution in [1.82, 2.24) is 20.4 Å². The highest BCUT2D eigenvalue weighted by Crippen LogP contribution is 2.29. The SMILES string of the molecule is O=C(NCc1ccccc1OC(F)(F)F)C1(n2cccn2)CCNCC1. The summed E-state index contributed by atoms with van der Waals surface area (Å²) in [6.07, 6.45) is -0.372. The van der Waals surface area contributed by atoms with Gasteiger partial charge in [0.1, 0.15) is 11.3 Å². The molecular formula is C17H19F3N4O2. The van der Waals surface area contributed by atoms with E-state index in [1.807, 2.05) is 0 Å². The molecule has 3 rings (SSSR count). The molecule has 6 nitrogen and oxygen atoms in total. The Hall–Kier alpha value is -2.55. The molecule has 1 aromatic heterocycles. The predicted molar refractivity (Wildman–Crippen MR) is 87.3 cm³/mol.